The summed E-state index contributed by atoms with van der Waals surface area (Å²) in [5.41, 5.74) is 0.502. The zero-order chi connectivity index (χ0) is 15.3. The van der Waals surface area contributed by atoms with Crippen LogP contribution < -0.4 is 5.32 Å². The third-order valence-electron chi connectivity index (χ3n) is 2.74. The summed E-state index contributed by atoms with van der Waals surface area (Å²) in [6, 6.07) is 4.06. The molecular formula is C14H17Cl2NO3. The molecule has 0 aliphatic rings. The van der Waals surface area contributed by atoms with Crippen LogP contribution in [-0.2, 0) is 16.0 Å². The number of hydrogen-bond acceptors (Lipinski definition) is 2. The molecule has 0 saturated carbocycles. The summed E-state index contributed by atoms with van der Waals surface area (Å²) >= 11 is 12.0. The first-order chi connectivity index (χ1) is 9.31. The minimum absolute atomic E-state index is 0.0413. The van der Waals surface area contributed by atoms with Crippen LogP contribution in [0.1, 0.15) is 25.8 Å². The van der Waals surface area contributed by atoms with Gasteiger partial charge in [-0.3, -0.25) is 4.79 Å². The van der Waals surface area contributed by atoms with Crippen LogP contribution in [0.15, 0.2) is 18.2 Å². The number of carboxylic acid groups (broad SMARTS) is 1. The summed E-state index contributed by atoms with van der Waals surface area (Å²) in [5, 5.41) is 12.4. The lowest BCUT2D eigenvalue weighted by molar-refractivity contribution is -0.142. The normalized spacial score (nSPS) is 12.2. The van der Waals surface area contributed by atoms with Crippen molar-refractivity contribution in [3.63, 3.8) is 0 Å². The Labute approximate surface area is 128 Å². The van der Waals surface area contributed by atoms with E-state index < -0.39 is 17.9 Å². The van der Waals surface area contributed by atoms with Gasteiger partial charge in [-0.25, -0.2) is 4.79 Å². The van der Waals surface area contributed by atoms with E-state index in [0.29, 0.717) is 22.0 Å². The van der Waals surface area contributed by atoms with E-state index in [0.717, 1.165) is 0 Å². The zero-order valence-electron chi connectivity index (χ0n) is 11.3. The van der Waals surface area contributed by atoms with Crippen LogP contribution in [0.2, 0.25) is 10.0 Å². The van der Waals surface area contributed by atoms with Gasteiger partial charge < -0.3 is 10.4 Å². The molecule has 110 valence electrons. The summed E-state index contributed by atoms with van der Waals surface area (Å²) in [6.07, 6.45) is 0.331. The Kier molecular flexibility index (Phi) is 6.30. The van der Waals surface area contributed by atoms with Crippen molar-refractivity contribution in [2.45, 2.75) is 32.7 Å². The summed E-state index contributed by atoms with van der Waals surface area (Å²) in [4.78, 5) is 23.0. The molecule has 1 rings (SSSR count). The van der Waals surface area contributed by atoms with Gasteiger partial charge in [-0.15, -0.1) is 0 Å². The molecule has 1 atom stereocenters. The topological polar surface area (TPSA) is 66.4 Å². The van der Waals surface area contributed by atoms with Gasteiger partial charge in [-0.2, -0.15) is 0 Å². The van der Waals surface area contributed by atoms with Crippen LogP contribution in [0.5, 0.6) is 0 Å². The van der Waals surface area contributed by atoms with Gasteiger partial charge in [0.1, 0.15) is 6.04 Å². The van der Waals surface area contributed by atoms with E-state index in [2.05, 4.69) is 5.32 Å². The largest absolute Gasteiger partial charge is 0.480 e. The first-order valence-electron chi connectivity index (χ1n) is 6.26. The molecule has 0 spiro atoms. The maximum atomic E-state index is 11.9. The minimum atomic E-state index is -1.04. The maximum Gasteiger partial charge on any atom is 0.326 e. The molecule has 1 aromatic rings. The molecule has 1 aromatic carbocycles. The monoisotopic (exact) mass is 317 g/mol. The summed E-state index contributed by atoms with van der Waals surface area (Å²) in [6.45, 7) is 3.79. The number of nitrogens with one attached hydrogen (secondary N) is 1. The van der Waals surface area contributed by atoms with Gasteiger partial charge in [-0.05, 0) is 30.0 Å². The number of carboxylic acids is 1. The minimum Gasteiger partial charge on any atom is -0.480 e. The van der Waals surface area contributed by atoms with E-state index in [1.807, 2.05) is 13.8 Å². The van der Waals surface area contributed by atoms with Gasteiger partial charge in [0.2, 0.25) is 5.91 Å². The van der Waals surface area contributed by atoms with Gasteiger partial charge in [0, 0.05) is 10.0 Å². The van der Waals surface area contributed by atoms with E-state index >= 15 is 0 Å². The highest BCUT2D eigenvalue weighted by Gasteiger charge is 2.21. The number of carbonyl (C=O) groups is 2. The fraction of sp³-hybridized carbons (Fsp3) is 0.429. The van der Waals surface area contributed by atoms with Gasteiger partial charge in [0.25, 0.3) is 0 Å². The molecule has 2 N–H and O–H groups in total. The Hall–Kier alpha value is -1.26. The highest BCUT2D eigenvalue weighted by molar-refractivity contribution is 6.36. The average molecular weight is 318 g/mol. The molecule has 0 radical (unpaired) electrons. The van der Waals surface area contributed by atoms with Gasteiger partial charge in [-0.1, -0.05) is 43.1 Å². The molecule has 0 saturated heterocycles. The highest BCUT2D eigenvalue weighted by atomic mass is 35.5. The Morgan fingerprint density at radius 1 is 1.25 bits per heavy atom. The number of carbonyl (C=O) groups excluding carboxylic acids is 1. The smallest absolute Gasteiger partial charge is 0.326 e. The molecule has 1 amide bonds. The second kappa shape index (κ2) is 7.50. The molecule has 6 heteroatoms. The van der Waals surface area contributed by atoms with E-state index in [-0.39, 0.29) is 12.3 Å². The molecule has 20 heavy (non-hydrogen) atoms. The maximum absolute atomic E-state index is 11.9. The fourth-order valence-electron chi connectivity index (χ4n) is 1.80. The standard InChI is InChI=1S/C14H17Cl2NO3/c1-8(2)6-12(14(19)20)17-13(18)7-9-10(15)4-3-5-11(9)16/h3-5,8,12H,6-7H2,1-2H3,(H,17,18)(H,19,20). The first-order valence-corrected chi connectivity index (χ1v) is 7.02. The molecule has 0 aliphatic carbocycles. The number of amides is 1. The van der Waals surface area contributed by atoms with Crippen LogP contribution in [0.3, 0.4) is 0 Å². The molecule has 0 bridgehead atoms. The second-order valence-electron chi connectivity index (χ2n) is 4.96. The van der Waals surface area contributed by atoms with E-state index in [4.69, 9.17) is 28.3 Å². The molecular weight excluding hydrogens is 301 g/mol. The first kappa shape index (κ1) is 16.8. The van der Waals surface area contributed by atoms with Gasteiger partial charge in [0.15, 0.2) is 0 Å². The van der Waals surface area contributed by atoms with Crippen LogP contribution in [-0.4, -0.2) is 23.0 Å². The number of halogens is 2. The van der Waals surface area contributed by atoms with Gasteiger partial charge >= 0.3 is 5.97 Å². The predicted molar refractivity (Wildman–Crippen MR) is 79.2 cm³/mol. The van der Waals surface area contributed by atoms with Crippen molar-refractivity contribution in [3.05, 3.63) is 33.8 Å². The van der Waals surface area contributed by atoms with Crippen LogP contribution in [0, 0.1) is 5.92 Å². The predicted octanol–water partition coefficient (Wildman–Crippen LogP) is 3.15. The average Bonchev–Trinajstić information content (AvgIpc) is 2.32. The highest BCUT2D eigenvalue weighted by Crippen LogP contribution is 2.24. The van der Waals surface area contributed by atoms with Crippen LogP contribution in [0.4, 0.5) is 0 Å². The van der Waals surface area contributed by atoms with E-state index in [1.54, 1.807) is 18.2 Å². The number of aliphatic carboxylic acids is 1. The second-order valence-corrected chi connectivity index (χ2v) is 5.78. The Balaban J connectivity index is 2.73. The van der Waals surface area contributed by atoms with Crippen molar-refractivity contribution in [2.75, 3.05) is 0 Å². The SMILES string of the molecule is CC(C)CC(NC(=O)Cc1c(Cl)cccc1Cl)C(=O)O. The molecule has 0 fully saturated rings. The summed E-state index contributed by atoms with van der Waals surface area (Å²) in [7, 11) is 0. The van der Waals surface area contributed by atoms with Crippen molar-refractivity contribution < 1.29 is 14.7 Å². The Morgan fingerprint density at radius 2 is 1.80 bits per heavy atom. The van der Waals surface area contributed by atoms with Crippen molar-refractivity contribution in [2.24, 2.45) is 5.92 Å². The van der Waals surface area contributed by atoms with Crippen molar-refractivity contribution in [1.82, 2.24) is 5.32 Å². The Morgan fingerprint density at radius 3 is 2.25 bits per heavy atom. The van der Waals surface area contributed by atoms with Crippen molar-refractivity contribution in [3.8, 4) is 0 Å². The summed E-state index contributed by atoms with van der Waals surface area (Å²) in [5.74, 6) is -1.29. The third-order valence-corrected chi connectivity index (χ3v) is 3.45. The molecule has 0 aromatic heterocycles. The fourth-order valence-corrected chi connectivity index (χ4v) is 2.33. The molecule has 0 aliphatic heterocycles. The number of hydrogen-bond donors (Lipinski definition) is 2. The van der Waals surface area contributed by atoms with E-state index in [1.165, 1.54) is 0 Å². The lowest BCUT2D eigenvalue weighted by Gasteiger charge is -2.17. The summed E-state index contributed by atoms with van der Waals surface area (Å²) < 4.78 is 0. The Bertz CT molecular complexity index is 483. The van der Waals surface area contributed by atoms with Crippen LogP contribution >= 0.6 is 23.2 Å². The molecule has 4 nitrogen and oxygen atoms in total. The number of benzene rings is 1. The number of rotatable bonds is 6. The van der Waals surface area contributed by atoms with Crippen LogP contribution in [0.25, 0.3) is 0 Å². The van der Waals surface area contributed by atoms with E-state index in [9.17, 15) is 9.59 Å². The lowest BCUT2D eigenvalue weighted by atomic mass is 10.0. The van der Waals surface area contributed by atoms with Crippen molar-refractivity contribution in [1.29, 1.82) is 0 Å². The third kappa shape index (κ3) is 5.02. The molecule has 1 unspecified atom stereocenters. The molecule has 0 heterocycles. The zero-order valence-corrected chi connectivity index (χ0v) is 12.8. The van der Waals surface area contributed by atoms with Gasteiger partial charge in [0.05, 0.1) is 6.42 Å². The van der Waals surface area contributed by atoms with Crippen molar-refractivity contribution >= 4 is 35.1 Å². The quantitative estimate of drug-likeness (QED) is 0.847. The lowest BCUT2D eigenvalue weighted by Crippen LogP contribution is -2.42.